The third-order valence-electron chi connectivity index (χ3n) is 6.07. The highest BCUT2D eigenvalue weighted by atomic mass is 35.5. The maximum Gasteiger partial charge on any atom is 0.243 e. The average molecular weight is 562 g/mol. The minimum atomic E-state index is -0.803. The maximum absolute atomic E-state index is 14.7. The van der Waals surface area contributed by atoms with Gasteiger partial charge in [0.2, 0.25) is 11.8 Å². The molecule has 0 saturated heterocycles. The van der Waals surface area contributed by atoms with Gasteiger partial charge in [0.05, 0.1) is 5.75 Å². The molecule has 3 aromatic carbocycles. The van der Waals surface area contributed by atoms with Crippen LogP contribution >= 0.6 is 35.0 Å². The molecule has 0 aliphatic rings. The van der Waals surface area contributed by atoms with Gasteiger partial charge in [0.1, 0.15) is 11.9 Å². The van der Waals surface area contributed by atoms with E-state index in [0.29, 0.717) is 27.8 Å². The smallest absolute Gasteiger partial charge is 0.243 e. The molecular formula is C29H31Cl2FN2O2S. The fourth-order valence-corrected chi connectivity index (χ4v) is 5.24. The Hall–Kier alpha value is -2.54. The van der Waals surface area contributed by atoms with Gasteiger partial charge in [-0.05, 0) is 42.7 Å². The molecule has 0 aromatic heterocycles. The number of carbonyl (C=O) groups excluding carboxylic acids is 2. The molecule has 0 heterocycles. The number of amides is 2. The van der Waals surface area contributed by atoms with E-state index in [-0.39, 0.29) is 30.2 Å². The predicted molar refractivity (Wildman–Crippen MR) is 151 cm³/mol. The summed E-state index contributed by atoms with van der Waals surface area (Å²) in [6.45, 7) is 3.89. The van der Waals surface area contributed by atoms with Crippen molar-refractivity contribution in [1.29, 1.82) is 0 Å². The molecule has 0 aliphatic carbocycles. The minimum absolute atomic E-state index is 0.0147. The molecule has 2 amide bonds. The molecule has 1 N–H and O–H groups in total. The molecule has 8 heteroatoms. The number of rotatable bonds is 12. The lowest BCUT2D eigenvalue weighted by Gasteiger charge is -2.32. The molecule has 0 unspecified atom stereocenters. The van der Waals surface area contributed by atoms with E-state index in [4.69, 9.17) is 23.2 Å². The molecule has 3 aromatic rings. The Bertz CT molecular complexity index is 1200. The molecule has 4 nitrogen and oxygen atoms in total. The van der Waals surface area contributed by atoms with E-state index in [1.807, 2.05) is 50.2 Å². The molecule has 2 atom stereocenters. The molecule has 37 heavy (non-hydrogen) atoms. The van der Waals surface area contributed by atoms with Gasteiger partial charge in [-0.1, -0.05) is 84.7 Å². The molecular weight excluding hydrogens is 530 g/mol. The van der Waals surface area contributed by atoms with Crippen LogP contribution in [0.25, 0.3) is 0 Å². The Balaban J connectivity index is 1.87. The number of nitrogens with one attached hydrogen (secondary N) is 1. The van der Waals surface area contributed by atoms with Crippen molar-refractivity contribution in [3.63, 3.8) is 0 Å². The van der Waals surface area contributed by atoms with Gasteiger partial charge in [-0.2, -0.15) is 0 Å². The lowest BCUT2D eigenvalue weighted by atomic mass is 10.0. The zero-order chi connectivity index (χ0) is 26.8. The van der Waals surface area contributed by atoms with Crippen LogP contribution in [0.4, 0.5) is 4.39 Å². The van der Waals surface area contributed by atoms with Gasteiger partial charge >= 0.3 is 0 Å². The number of nitrogens with zero attached hydrogens (tertiary/aromatic N) is 1. The van der Waals surface area contributed by atoms with Crippen molar-refractivity contribution in [2.45, 2.75) is 51.1 Å². The number of benzene rings is 3. The SMILES string of the molecule is CC[C@@H](C)NC(=O)[C@H](Cc1ccccc1)N(Cc1ccccc1F)C(=O)CSCc1ccc(Cl)cc1Cl. The average Bonchev–Trinajstić information content (AvgIpc) is 2.88. The second-order valence-electron chi connectivity index (χ2n) is 8.86. The molecule has 3 rings (SSSR count). The van der Waals surface area contributed by atoms with Crippen molar-refractivity contribution < 1.29 is 14.0 Å². The van der Waals surface area contributed by atoms with E-state index in [1.165, 1.54) is 22.7 Å². The number of hydrogen-bond donors (Lipinski definition) is 1. The fraction of sp³-hybridized carbons (Fsp3) is 0.310. The maximum atomic E-state index is 14.7. The number of halogens is 3. The molecule has 0 saturated carbocycles. The molecule has 0 bridgehead atoms. The van der Waals surface area contributed by atoms with Crippen LogP contribution in [0.3, 0.4) is 0 Å². The standard InChI is InChI=1S/C29H31Cl2FN2O2S/c1-3-20(2)33-29(36)27(15-21-9-5-4-6-10-21)34(17-22-11-7-8-12-26(22)32)28(35)19-37-18-23-13-14-24(30)16-25(23)31/h4-14,16,20,27H,3,15,17-19H2,1-2H3,(H,33,36)/t20-,27+/m1/s1. The van der Waals surface area contributed by atoms with Crippen molar-refractivity contribution in [2.75, 3.05) is 5.75 Å². The van der Waals surface area contributed by atoms with E-state index in [0.717, 1.165) is 17.5 Å². The van der Waals surface area contributed by atoms with Gasteiger partial charge in [-0.15, -0.1) is 11.8 Å². The Kier molecular flexibility index (Phi) is 11.3. The highest BCUT2D eigenvalue weighted by molar-refractivity contribution is 7.99. The summed E-state index contributed by atoms with van der Waals surface area (Å²) in [5, 5.41) is 4.09. The third kappa shape index (κ3) is 8.77. The van der Waals surface area contributed by atoms with Crippen molar-refractivity contribution in [3.05, 3.63) is 105 Å². The molecule has 0 aliphatic heterocycles. The monoisotopic (exact) mass is 560 g/mol. The summed E-state index contributed by atoms with van der Waals surface area (Å²) in [7, 11) is 0. The first-order chi connectivity index (χ1) is 17.8. The Morgan fingerprint density at radius 3 is 2.38 bits per heavy atom. The fourth-order valence-electron chi connectivity index (χ4n) is 3.78. The summed E-state index contributed by atoms with van der Waals surface area (Å²) in [5.74, 6) is -0.318. The van der Waals surface area contributed by atoms with Crippen LogP contribution in [0.15, 0.2) is 72.8 Å². The first-order valence-electron chi connectivity index (χ1n) is 12.2. The highest BCUT2D eigenvalue weighted by Crippen LogP contribution is 2.25. The van der Waals surface area contributed by atoms with Gasteiger partial charge in [0.15, 0.2) is 0 Å². The van der Waals surface area contributed by atoms with Gasteiger partial charge in [-0.25, -0.2) is 4.39 Å². The van der Waals surface area contributed by atoms with Crippen LogP contribution in [0.1, 0.15) is 37.0 Å². The largest absolute Gasteiger partial charge is 0.352 e. The highest BCUT2D eigenvalue weighted by Gasteiger charge is 2.31. The Morgan fingerprint density at radius 2 is 1.70 bits per heavy atom. The summed E-state index contributed by atoms with van der Waals surface area (Å²) < 4.78 is 14.7. The van der Waals surface area contributed by atoms with Crippen LogP contribution in [0.2, 0.25) is 10.0 Å². The molecule has 0 radical (unpaired) electrons. The first-order valence-corrected chi connectivity index (χ1v) is 14.1. The lowest BCUT2D eigenvalue weighted by molar-refractivity contribution is -0.139. The van der Waals surface area contributed by atoms with Gasteiger partial charge < -0.3 is 10.2 Å². The van der Waals surface area contributed by atoms with E-state index in [2.05, 4.69) is 5.32 Å². The van der Waals surface area contributed by atoms with E-state index in [9.17, 15) is 14.0 Å². The number of hydrogen-bond acceptors (Lipinski definition) is 3. The molecule has 0 spiro atoms. The lowest BCUT2D eigenvalue weighted by Crippen LogP contribution is -2.52. The minimum Gasteiger partial charge on any atom is -0.352 e. The van der Waals surface area contributed by atoms with Crippen molar-refractivity contribution in [2.24, 2.45) is 0 Å². The summed E-state index contributed by atoms with van der Waals surface area (Å²) >= 11 is 13.7. The van der Waals surface area contributed by atoms with Gasteiger partial charge in [0.25, 0.3) is 0 Å². The number of thioether (sulfide) groups is 1. The van der Waals surface area contributed by atoms with Crippen LogP contribution in [0.5, 0.6) is 0 Å². The van der Waals surface area contributed by atoms with Crippen LogP contribution in [-0.4, -0.2) is 34.6 Å². The zero-order valence-corrected chi connectivity index (χ0v) is 23.3. The number of carbonyl (C=O) groups is 2. The van der Waals surface area contributed by atoms with Crippen molar-refractivity contribution in [1.82, 2.24) is 10.2 Å². The van der Waals surface area contributed by atoms with Crippen LogP contribution < -0.4 is 5.32 Å². The van der Waals surface area contributed by atoms with Crippen LogP contribution in [-0.2, 0) is 28.3 Å². The van der Waals surface area contributed by atoms with E-state index >= 15 is 0 Å². The topological polar surface area (TPSA) is 49.4 Å². The summed E-state index contributed by atoms with van der Waals surface area (Å²) in [6.07, 6.45) is 1.07. The van der Waals surface area contributed by atoms with E-state index in [1.54, 1.807) is 30.3 Å². The Labute approximate surface area is 232 Å². The normalized spacial score (nSPS) is 12.6. The van der Waals surface area contributed by atoms with Crippen molar-refractivity contribution in [3.8, 4) is 0 Å². The quantitative estimate of drug-likeness (QED) is 0.261. The van der Waals surface area contributed by atoms with Crippen molar-refractivity contribution >= 4 is 46.8 Å². The van der Waals surface area contributed by atoms with E-state index < -0.39 is 11.9 Å². The Morgan fingerprint density at radius 1 is 1.00 bits per heavy atom. The molecule has 196 valence electrons. The van der Waals surface area contributed by atoms with Gasteiger partial charge in [-0.3, -0.25) is 9.59 Å². The third-order valence-corrected chi connectivity index (χ3v) is 7.62. The summed E-state index contributed by atoms with van der Waals surface area (Å²) in [4.78, 5) is 28.6. The summed E-state index contributed by atoms with van der Waals surface area (Å²) in [5.41, 5.74) is 2.13. The molecule has 0 fully saturated rings. The second-order valence-corrected chi connectivity index (χ2v) is 10.7. The first kappa shape index (κ1) is 29.0. The zero-order valence-electron chi connectivity index (χ0n) is 20.9. The second kappa shape index (κ2) is 14.4. The summed E-state index contributed by atoms with van der Waals surface area (Å²) in [6, 6.07) is 20.3. The van der Waals surface area contributed by atoms with Crippen LogP contribution in [0, 0.1) is 5.82 Å². The van der Waals surface area contributed by atoms with Gasteiger partial charge in [0, 0.05) is 40.4 Å². The predicted octanol–water partition coefficient (Wildman–Crippen LogP) is 6.92.